The molecule has 0 aromatic heterocycles. The van der Waals surface area contributed by atoms with Crippen LogP contribution in [0.15, 0.2) is 54.6 Å². The normalized spacial score (nSPS) is 10.1. The van der Waals surface area contributed by atoms with Gasteiger partial charge in [0.15, 0.2) is 0 Å². The van der Waals surface area contributed by atoms with E-state index in [2.05, 4.69) is 0 Å². The van der Waals surface area contributed by atoms with Gasteiger partial charge in [-0.2, -0.15) is 0 Å². The van der Waals surface area contributed by atoms with Gasteiger partial charge in [-0.3, -0.25) is 4.79 Å². The van der Waals surface area contributed by atoms with Crippen LogP contribution in [-0.2, 0) is 4.79 Å². The van der Waals surface area contributed by atoms with Crippen molar-refractivity contribution in [1.82, 2.24) is 0 Å². The number of ether oxygens (including phenoxy) is 2. The summed E-state index contributed by atoms with van der Waals surface area (Å²) in [5.41, 5.74) is 0.916. The summed E-state index contributed by atoms with van der Waals surface area (Å²) in [5.74, 6) is 1.57. The van der Waals surface area contributed by atoms with E-state index in [0.29, 0.717) is 19.6 Å². The minimum Gasteiger partial charge on any atom is -0.497 e. The molecule has 0 spiro atoms. The second-order valence-electron chi connectivity index (χ2n) is 4.75. The number of para-hydroxylation sites is 1. The summed E-state index contributed by atoms with van der Waals surface area (Å²) < 4.78 is 10.7. The Morgan fingerprint density at radius 1 is 1.00 bits per heavy atom. The van der Waals surface area contributed by atoms with Gasteiger partial charge >= 0.3 is 0 Å². The molecule has 1 amide bonds. The molecule has 4 heteroatoms. The zero-order valence-electron chi connectivity index (χ0n) is 13.0. The topological polar surface area (TPSA) is 38.8 Å². The Balaban J connectivity index is 1.86. The Morgan fingerprint density at radius 2 is 1.64 bits per heavy atom. The highest BCUT2D eigenvalue weighted by Gasteiger charge is 2.13. The lowest BCUT2D eigenvalue weighted by Crippen LogP contribution is -2.31. The van der Waals surface area contributed by atoms with E-state index in [4.69, 9.17) is 9.47 Å². The molecule has 0 aliphatic carbocycles. The lowest BCUT2D eigenvalue weighted by atomic mass is 10.2. The van der Waals surface area contributed by atoms with Crippen LogP contribution in [-0.4, -0.2) is 26.2 Å². The molecule has 0 saturated carbocycles. The second-order valence-corrected chi connectivity index (χ2v) is 4.75. The molecule has 0 radical (unpaired) electrons. The first-order chi connectivity index (χ1) is 10.7. The Morgan fingerprint density at radius 3 is 2.23 bits per heavy atom. The summed E-state index contributed by atoms with van der Waals surface area (Å²) in [4.78, 5) is 14.1. The molecule has 116 valence electrons. The Bertz CT molecular complexity index is 581. The monoisotopic (exact) mass is 299 g/mol. The molecule has 22 heavy (non-hydrogen) atoms. The average Bonchev–Trinajstić information content (AvgIpc) is 2.57. The van der Waals surface area contributed by atoms with E-state index in [0.717, 1.165) is 17.2 Å². The Kier molecular flexibility index (Phi) is 5.83. The summed E-state index contributed by atoms with van der Waals surface area (Å²) in [6.07, 6.45) is 0.342. The van der Waals surface area contributed by atoms with Gasteiger partial charge in [0.2, 0.25) is 5.91 Å². The number of anilines is 1. The van der Waals surface area contributed by atoms with E-state index >= 15 is 0 Å². The number of benzene rings is 2. The molecule has 0 atom stereocenters. The molecule has 2 rings (SSSR count). The molecule has 2 aromatic rings. The molecule has 0 aliphatic rings. The fourth-order valence-corrected chi connectivity index (χ4v) is 2.17. The molecule has 4 nitrogen and oxygen atoms in total. The molecular formula is C18H21NO3. The minimum absolute atomic E-state index is 0.0576. The van der Waals surface area contributed by atoms with Crippen molar-refractivity contribution in [3.8, 4) is 11.5 Å². The van der Waals surface area contributed by atoms with Gasteiger partial charge in [-0.1, -0.05) is 18.2 Å². The second kappa shape index (κ2) is 8.08. The van der Waals surface area contributed by atoms with Gasteiger partial charge in [-0.15, -0.1) is 0 Å². The minimum atomic E-state index is 0.0576. The highest BCUT2D eigenvalue weighted by Crippen LogP contribution is 2.18. The summed E-state index contributed by atoms with van der Waals surface area (Å²) in [5, 5.41) is 0. The SMILES string of the molecule is CCN(C(=O)CCOc1ccc(OC)cc1)c1ccccc1. The molecule has 0 bridgehead atoms. The predicted octanol–water partition coefficient (Wildman–Crippen LogP) is 3.52. The van der Waals surface area contributed by atoms with Crippen LogP contribution in [0.2, 0.25) is 0 Å². The first kappa shape index (κ1) is 15.9. The number of hydrogen-bond acceptors (Lipinski definition) is 3. The maximum Gasteiger partial charge on any atom is 0.230 e. The van der Waals surface area contributed by atoms with E-state index in [9.17, 15) is 4.79 Å². The van der Waals surface area contributed by atoms with Crippen molar-refractivity contribution in [2.24, 2.45) is 0 Å². The maximum atomic E-state index is 12.3. The molecule has 0 heterocycles. The van der Waals surface area contributed by atoms with Gasteiger partial charge in [-0.05, 0) is 43.3 Å². The van der Waals surface area contributed by atoms with Crippen molar-refractivity contribution >= 4 is 11.6 Å². The van der Waals surface area contributed by atoms with Crippen LogP contribution in [0, 0.1) is 0 Å². The summed E-state index contributed by atoms with van der Waals surface area (Å²) in [6, 6.07) is 17.0. The summed E-state index contributed by atoms with van der Waals surface area (Å²) in [7, 11) is 1.62. The van der Waals surface area contributed by atoms with Crippen LogP contribution in [0.4, 0.5) is 5.69 Å². The number of methoxy groups -OCH3 is 1. The smallest absolute Gasteiger partial charge is 0.230 e. The zero-order chi connectivity index (χ0) is 15.8. The third kappa shape index (κ3) is 4.25. The van der Waals surface area contributed by atoms with Gasteiger partial charge in [0.25, 0.3) is 0 Å². The Labute approximate surface area is 131 Å². The maximum absolute atomic E-state index is 12.3. The molecular weight excluding hydrogens is 278 g/mol. The van der Waals surface area contributed by atoms with Crippen molar-refractivity contribution in [3.63, 3.8) is 0 Å². The fourth-order valence-electron chi connectivity index (χ4n) is 2.17. The van der Waals surface area contributed by atoms with Crippen molar-refractivity contribution in [1.29, 1.82) is 0 Å². The number of carbonyl (C=O) groups excluding carboxylic acids is 1. The van der Waals surface area contributed by atoms with E-state index in [-0.39, 0.29) is 5.91 Å². The number of hydrogen-bond donors (Lipinski definition) is 0. The van der Waals surface area contributed by atoms with E-state index in [1.165, 1.54) is 0 Å². The summed E-state index contributed by atoms with van der Waals surface area (Å²) >= 11 is 0. The van der Waals surface area contributed by atoms with Gasteiger partial charge in [0.1, 0.15) is 11.5 Å². The van der Waals surface area contributed by atoms with Crippen molar-refractivity contribution in [3.05, 3.63) is 54.6 Å². The molecule has 0 fully saturated rings. The predicted molar refractivity (Wildman–Crippen MR) is 87.6 cm³/mol. The van der Waals surface area contributed by atoms with Gasteiger partial charge < -0.3 is 14.4 Å². The van der Waals surface area contributed by atoms with Crippen molar-refractivity contribution < 1.29 is 14.3 Å². The molecule has 0 N–H and O–H groups in total. The van der Waals surface area contributed by atoms with Gasteiger partial charge in [0, 0.05) is 12.2 Å². The quantitative estimate of drug-likeness (QED) is 0.785. The van der Waals surface area contributed by atoms with E-state index < -0.39 is 0 Å². The van der Waals surface area contributed by atoms with Crippen LogP contribution in [0.25, 0.3) is 0 Å². The Hall–Kier alpha value is -2.49. The van der Waals surface area contributed by atoms with Gasteiger partial charge in [0.05, 0.1) is 20.1 Å². The number of amides is 1. The van der Waals surface area contributed by atoms with E-state index in [1.54, 1.807) is 12.0 Å². The number of carbonyl (C=O) groups is 1. The molecule has 0 aliphatic heterocycles. The average molecular weight is 299 g/mol. The number of nitrogens with zero attached hydrogens (tertiary/aromatic N) is 1. The number of rotatable bonds is 7. The van der Waals surface area contributed by atoms with Crippen LogP contribution in [0.3, 0.4) is 0 Å². The van der Waals surface area contributed by atoms with Crippen LogP contribution in [0.5, 0.6) is 11.5 Å². The molecule has 0 unspecified atom stereocenters. The molecule has 0 saturated heterocycles. The molecule has 2 aromatic carbocycles. The summed E-state index contributed by atoms with van der Waals surface area (Å²) in [6.45, 7) is 2.97. The first-order valence-electron chi connectivity index (χ1n) is 7.37. The van der Waals surface area contributed by atoms with Crippen molar-refractivity contribution in [2.75, 3.05) is 25.2 Å². The zero-order valence-corrected chi connectivity index (χ0v) is 13.0. The third-order valence-corrected chi connectivity index (χ3v) is 3.33. The lowest BCUT2D eigenvalue weighted by molar-refractivity contribution is -0.119. The standard InChI is InChI=1S/C18H21NO3/c1-3-19(15-7-5-4-6-8-15)18(20)13-14-22-17-11-9-16(21-2)10-12-17/h4-12H,3,13-14H2,1-2H3. The van der Waals surface area contributed by atoms with Crippen molar-refractivity contribution in [2.45, 2.75) is 13.3 Å². The largest absolute Gasteiger partial charge is 0.497 e. The third-order valence-electron chi connectivity index (χ3n) is 3.33. The highest BCUT2D eigenvalue weighted by molar-refractivity contribution is 5.93. The van der Waals surface area contributed by atoms with E-state index in [1.807, 2.05) is 61.5 Å². The van der Waals surface area contributed by atoms with Gasteiger partial charge in [-0.25, -0.2) is 0 Å². The van der Waals surface area contributed by atoms with Crippen LogP contribution >= 0.6 is 0 Å². The lowest BCUT2D eigenvalue weighted by Gasteiger charge is -2.21. The highest BCUT2D eigenvalue weighted by atomic mass is 16.5. The van der Waals surface area contributed by atoms with Crippen LogP contribution in [0.1, 0.15) is 13.3 Å². The first-order valence-corrected chi connectivity index (χ1v) is 7.37. The fraction of sp³-hybridized carbons (Fsp3) is 0.278. The van der Waals surface area contributed by atoms with Crippen LogP contribution < -0.4 is 14.4 Å².